The second-order valence-corrected chi connectivity index (χ2v) is 8.72. The highest BCUT2D eigenvalue weighted by Gasteiger charge is 2.24. The summed E-state index contributed by atoms with van der Waals surface area (Å²) in [6.45, 7) is 4.27. The van der Waals surface area contributed by atoms with Gasteiger partial charge in [-0.15, -0.1) is 0 Å². The Morgan fingerprint density at radius 1 is 1.08 bits per heavy atom. The van der Waals surface area contributed by atoms with E-state index in [2.05, 4.69) is 35.3 Å². The molecule has 1 saturated heterocycles. The fourth-order valence-corrected chi connectivity index (χ4v) is 4.19. The third-order valence-corrected chi connectivity index (χ3v) is 6.18. The van der Waals surface area contributed by atoms with Gasteiger partial charge in [0.15, 0.2) is 12.3 Å². The molecule has 12 nitrogen and oxygen atoms in total. The fraction of sp³-hybridized carbons (Fsp3) is 0.320. The number of ether oxygens (including phenoxy) is 1. The first kappa shape index (κ1) is 24.1. The van der Waals surface area contributed by atoms with E-state index in [9.17, 15) is 9.59 Å². The molecule has 0 atom stereocenters. The van der Waals surface area contributed by atoms with Crippen LogP contribution in [0, 0.1) is 6.92 Å². The van der Waals surface area contributed by atoms with E-state index in [-0.39, 0.29) is 12.5 Å². The molecular weight excluding hydrogens is 474 g/mol. The second-order valence-electron chi connectivity index (χ2n) is 8.72. The van der Waals surface area contributed by atoms with Gasteiger partial charge in [-0.1, -0.05) is 12.1 Å². The smallest absolute Gasteiger partial charge is 0.338 e. The van der Waals surface area contributed by atoms with Gasteiger partial charge in [-0.2, -0.15) is 5.10 Å². The van der Waals surface area contributed by atoms with Crippen LogP contribution in [0.4, 0.5) is 11.8 Å². The first-order valence-corrected chi connectivity index (χ1v) is 11.9. The van der Waals surface area contributed by atoms with E-state index >= 15 is 0 Å². The highest BCUT2D eigenvalue weighted by atomic mass is 16.5. The number of hydrogen-bond acceptors (Lipinski definition) is 10. The molecule has 3 aromatic heterocycles. The molecule has 0 saturated carbocycles. The monoisotopic (exact) mass is 501 g/mol. The van der Waals surface area contributed by atoms with Crippen LogP contribution in [0.3, 0.4) is 0 Å². The molecule has 1 amide bonds. The first-order valence-electron chi connectivity index (χ1n) is 11.9. The van der Waals surface area contributed by atoms with E-state index in [4.69, 9.17) is 4.74 Å². The van der Waals surface area contributed by atoms with E-state index in [0.29, 0.717) is 44.2 Å². The van der Waals surface area contributed by atoms with Crippen LogP contribution < -0.4 is 10.2 Å². The Hall–Kier alpha value is -4.61. The molecule has 190 valence electrons. The molecule has 4 heterocycles. The maximum absolute atomic E-state index is 12.7. The zero-order chi connectivity index (χ0) is 25.8. The molecule has 12 heteroatoms. The minimum Gasteiger partial charge on any atom is -0.452 e. The minimum absolute atomic E-state index is 0.225. The van der Waals surface area contributed by atoms with Crippen LogP contribution in [0.25, 0.3) is 11.0 Å². The predicted molar refractivity (Wildman–Crippen MR) is 136 cm³/mol. The summed E-state index contributed by atoms with van der Waals surface area (Å²) in [6.07, 6.45) is 4.96. The van der Waals surface area contributed by atoms with Gasteiger partial charge in [0.25, 0.3) is 5.91 Å². The number of amides is 1. The molecule has 1 N–H and O–H groups in total. The molecule has 5 rings (SSSR count). The SMILES string of the molecule is Cc1ccnc(NCc2cccc(C(=O)OCC(=O)N3CCN(c4ncnc5c4cnn5C)CC3)c2)n1. The highest BCUT2D eigenvalue weighted by molar-refractivity contribution is 5.91. The molecule has 1 aliphatic rings. The number of rotatable bonds is 7. The van der Waals surface area contributed by atoms with Crippen molar-refractivity contribution in [3.8, 4) is 0 Å². The maximum Gasteiger partial charge on any atom is 0.338 e. The Kier molecular flexibility index (Phi) is 6.88. The number of aryl methyl sites for hydroxylation is 2. The summed E-state index contributed by atoms with van der Waals surface area (Å²) in [5.41, 5.74) is 2.88. The second kappa shape index (κ2) is 10.6. The molecule has 0 aliphatic carbocycles. The van der Waals surface area contributed by atoms with E-state index in [0.717, 1.165) is 28.1 Å². The van der Waals surface area contributed by atoms with Crippen LogP contribution in [-0.2, 0) is 23.1 Å². The molecule has 0 spiro atoms. The summed E-state index contributed by atoms with van der Waals surface area (Å²) < 4.78 is 7.04. The van der Waals surface area contributed by atoms with E-state index in [1.165, 1.54) is 6.33 Å². The summed E-state index contributed by atoms with van der Waals surface area (Å²) in [7, 11) is 1.84. The number of benzene rings is 1. The van der Waals surface area contributed by atoms with Crippen molar-refractivity contribution in [2.24, 2.45) is 7.05 Å². The van der Waals surface area contributed by atoms with Crippen LogP contribution in [0.15, 0.2) is 49.1 Å². The molecule has 0 bridgehead atoms. The fourth-order valence-electron chi connectivity index (χ4n) is 4.19. The molecule has 4 aromatic rings. The first-order chi connectivity index (χ1) is 18.0. The van der Waals surface area contributed by atoms with Gasteiger partial charge in [0, 0.05) is 51.7 Å². The summed E-state index contributed by atoms with van der Waals surface area (Å²) >= 11 is 0. The zero-order valence-electron chi connectivity index (χ0n) is 20.7. The number of nitrogens with zero attached hydrogens (tertiary/aromatic N) is 8. The number of aromatic nitrogens is 6. The average molecular weight is 502 g/mol. The Labute approximate surface area is 213 Å². The normalized spacial score (nSPS) is 13.6. The standard InChI is InChI=1S/C25H27N9O3/c1-17-6-7-26-25(31-17)27-13-18-4-3-5-19(12-18)24(36)37-15-21(35)33-8-10-34(11-9-33)23-20-14-30-32(2)22(20)28-16-29-23/h3-7,12,14,16H,8-11,13,15H2,1-2H3,(H,26,27,31). The lowest BCUT2D eigenvalue weighted by atomic mass is 10.1. The van der Waals surface area contributed by atoms with Crippen LogP contribution in [0.5, 0.6) is 0 Å². The lowest BCUT2D eigenvalue weighted by molar-refractivity contribution is -0.134. The lowest BCUT2D eigenvalue weighted by Gasteiger charge is -2.35. The van der Waals surface area contributed by atoms with Crippen LogP contribution in [-0.4, -0.2) is 79.3 Å². The van der Waals surface area contributed by atoms with Gasteiger partial charge in [-0.25, -0.2) is 24.7 Å². The Morgan fingerprint density at radius 2 is 1.92 bits per heavy atom. The number of anilines is 2. The topological polar surface area (TPSA) is 131 Å². The van der Waals surface area contributed by atoms with Crippen molar-refractivity contribution in [3.05, 3.63) is 65.9 Å². The summed E-state index contributed by atoms with van der Waals surface area (Å²) in [6, 6.07) is 8.88. The molecular formula is C25H27N9O3. The van der Waals surface area contributed by atoms with Gasteiger partial charge in [0.1, 0.15) is 12.1 Å². The molecule has 1 aromatic carbocycles. The Bertz CT molecular complexity index is 1430. The van der Waals surface area contributed by atoms with Gasteiger partial charge in [-0.05, 0) is 30.7 Å². The predicted octanol–water partition coefficient (Wildman–Crippen LogP) is 1.58. The van der Waals surface area contributed by atoms with Crippen molar-refractivity contribution in [2.45, 2.75) is 13.5 Å². The number of nitrogens with one attached hydrogen (secondary N) is 1. The van der Waals surface area contributed by atoms with Gasteiger partial charge >= 0.3 is 5.97 Å². The number of carbonyl (C=O) groups excluding carboxylic acids is 2. The third kappa shape index (κ3) is 5.47. The van der Waals surface area contributed by atoms with Crippen LogP contribution >= 0.6 is 0 Å². The van der Waals surface area contributed by atoms with Crippen molar-refractivity contribution < 1.29 is 14.3 Å². The summed E-state index contributed by atoms with van der Waals surface area (Å²) in [4.78, 5) is 46.3. The summed E-state index contributed by atoms with van der Waals surface area (Å²) in [5.74, 6) is 0.556. The quantitative estimate of drug-likeness (QED) is 0.372. The number of fused-ring (bicyclic) bond motifs is 1. The van der Waals surface area contributed by atoms with Crippen molar-refractivity contribution in [1.29, 1.82) is 0 Å². The van der Waals surface area contributed by atoms with E-state index in [1.54, 1.807) is 40.2 Å². The number of piperazine rings is 1. The third-order valence-electron chi connectivity index (χ3n) is 6.18. The largest absolute Gasteiger partial charge is 0.452 e. The maximum atomic E-state index is 12.7. The van der Waals surface area contributed by atoms with Crippen molar-refractivity contribution in [1.82, 2.24) is 34.6 Å². The Balaban J connectivity index is 1.12. The van der Waals surface area contributed by atoms with Crippen LogP contribution in [0.2, 0.25) is 0 Å². The van der Waals surface area contributed by atoms with E-state index < -0.39 is 5.97 Å². The lowest BCUT2D eigenvalue weighted by Crippen LogP contribution is -2.50. The minimum atomic E-state index is -0.541. The number of hydrogen-bond donors (Lipinski definition) is 1. The number of carbonyl (C=O) groups is 2. The van der Waals surface area contributed by atoms with Crippen molar-refractivity contribution >= 4 is 34.7 Å². The molecule has 0 unspecified atom stereocenters. The molecule has 1 aliphatic heterocycles. The highest BCUT2D eigenvalue weighted by Crippen LogP contribution is 2.23. The van der Waals surface area contributed by atoms with E-state index in [1.807, 2.05) is 26.1 Å². The van der Waals surface area contributed by atoms with Crippen LogP contribution in [0.1, 0.15) is 21.6 Å². The average Bonchev–Trinajstić information content (AvgIpc) is 3.31. The molecule has 1 fully saturated rings. The van der Waals surface area contributed by atoms with Crippen molar-refractivity contribution in [3.63, 3.8) is 0 Å². The zero-order valence-corrected chi connectivity index (χ0v) is 20.7. The summed E-state index contributed by atoms with van der Waals surface area (Å²) in [5, 5.41) is 8.27. The van der Waals surface area contributed by atoms with Gasteiger partial charge < -0.3 is 19.9 Å². The number of esters is 1. The molecule has 0 radical (unpaired) electrons. The van der Waals surface area contributed by atoms with Gasteiger partial charge in [0.2, 0.25) is 5.95 Å². The van der Waals surface area contributed by atoms with Gasteiger partial charge in [0.05, 0.1) is 17.1 Å². The molecule has 37 heavy (non-hydrogen) atoms. The van der Waals surface area contributed by atoms with Gasteiger partial charge in [-0.3, -0.25) is 9.48 Å². The Morgan fingerprint density at radius 3 is 2.73 bits per heavy atom. The van der Waals surface area contributed by atoms with Crippen molar-refractivity contribution in [2.75, 3.05) is 43.0 Å².